The second-order valence-electron chi connectivity index (χ2n) is 7.96. The van der Waals surface area contributed by atoms with Gasteiger partial charge < -0.3 is 19.6 Å². The summed E-state index contributed by atoms with van der Waals surface area (Å²) >= 11 is 0. The van der Waals surface area contributed by atoms with E-state index in [4.69, 9.17) is 9.47 Å². The number of aryl methyl sites for hydroxylation is 2. The Hall–Kier alpha value is -2.97. The van der Waals surface area contributed by atoms with E-state index in [0.29, 0.717) is 29.9 Å². The van der Waals surface area contributed by atoms with Gasteiger partial charge in [-0.15, -0.1) is 5.10 Å². The number of ketones is 1. The standard InChI is InChI=1S/C22H31N5O4/c1-15(28)8-7-13-30-22(29)23-14-19-21(25-26-27(19)3)18-11-12-20(16(2)24-18)31-17-9-5-4-6-10-17/h11-12,17H,4-10,13-14H2,1-3H3,(H,23,29). The topological polar surface area (TPSA) is 108 Å². The molecular weight excluding hydrogens is 398 g/mol. The minimum atomic E-state index is -0.545. The molecule has 1 aliphatic carbocycles. The molecule has 31 heavy (non-hydrogen) atoms. The van der Waals surface area contributed by atoms with Gasteiger partial charge in [-0.2, -0.15) is 0 Å². The van der Waals surface area contributed by atoms with Gasteiger partial charge >= 0.3 is 6.09 Å². The van der Waals surface area contributed by atoms with Crippen LogP contribution in [0.15, 0.2) is 12.1 Å². The lowest BCUT2D eigenvalue weighted by atomic mass is 9.98. The predicted molar refractivity (Wildman–Crippen MR) is 115 cm³/mol. The van der Waals surface area contributed by atoms with E-state index >= 15 is 0 Å². The maximum atomic E-state index is 11.9. The van der Waals surface area contributed by atoms with Crippen LogP contribution in [0.2, 0.25) is 0 Å². The highest BCUT2D eigenvalue weighted by atomic mass is 16.5. The Morgan fingerprint density at radius 1 is 1.23 bits per heavy atom. The number of hydrogen-bond donors (Lipinski definition) is 1. The first-order chi connectivity index (χ1) is 14.9. The van der Waals surface area contributed by atoms with E-state index in [1.807, 2.05) is 19.1 Å². The van der Waals surface area contributed by atoms with Crippen molar-refractivity contribution in [1.82, 2.24) is 25.3 Å². The molecule has 9 heteroatoms. The van der Waals surface area contributed by atoms with E-state index in [-0.39, 0.29) is 25.0 Å². The Morgan fingerprint density at radius 2 is 2.00 bits per heavy atom. The number of ether oxygens (including phenoxy) is 2. The molecule has 2 aromatic rings. The molecule has 0 bridgehead atoms. The summed E-state index contributed by atoms with van der Waals surface area (Å²) < 4.78 is 12.9. The normalized spacial score (nSPS) is 14.3. The van der Waals surface area contributed by atoms with Gasteiger partial charge in [0.25, 0.3) is 0 Å². The number of carbonyl (C=O) groups is 2. The minimum Gasteiger partial charge on any atom is -0.489 e. The fourth-order valence-corrected chi connectivity index (χ4v) is 3.63. The van der Waals surface area contributed by atoms with Crippen LogP contribution in [0, 0.1) is 6.92 Å². The minimum absolute atomic E-state index is 0.0764. The molecule has 1 aliphatic rings. The van der Waals surface area contributed by atoms with Crippen LogP contribution in [-0.2, 0) is 23.1 Å². The maximum Gasteiger partial charge on any atom is 0.407 e. The van der Waals surface area contributed by atoms with Crippen LogP contribution in [0.1, 0.15) is 63.3 Å². The van der Waals surface area contributed by atoms with Gasteiger partial charge in [0.15, 0.2) is 0 Å². The molecule has 0 unspecified atom stereocenters. The molecule has 0 saturated heterocycles. The van der Waals surface area contributed by atoms with Crippen LogP contribution in [-0.4, -0.2) is 44.6 Å². The Labute approximate surface area is 182 Å². The molecule has 2 aromatic heterocycles. The van der Waals surface area contributed by atoms with E-state index in [1.165, 1.54) is 26.2 Å². The Morgan fingerprint density at radius 3 is 2.71 bits per heavy atom. The zero-order chi connectivity index (χ0) is 22.2. The number of rotatable bonds is 9. The van der Waals surface area contributed by atoms with E-state index < -0.39 is 6.09 Å². The number of alkyl carbamates (subject to hydrolysis) is 1. The summed E-state index contributed by atoms with van der Waals surface area (Å²) in [5.41, 5.74) is 2.80. The highest BCUT2D eigenvalue weighted by Gasteiger charge is 2.19. The molecule has 0 aromatic carbocycles. The predicted octanol–water partition coefficient (Wildman–Crippen LogP) is 3.49. The number of hydrogen-bond acceptors (Lipinski definition) is 7. The van der Waals surface area contributed by atoms with Crippen LogP contribution in [0.25, 0.3) is 11.4 Å². The van der Waals surface area contributed by atoms with Crippen LogP contribution < -0.4 is 10.1 Å². The van der Waals surface area contributed by atoms with Gasteiger partial charge in [-0.25, -0.2) is 14.5 Å². The largest absolute Gasteiger partial charge is 0.489 e. The fraction of sp³-hybridized carbons (Fsp3) is 0.591. The number of nitrogens with zero attached hydrogens (tertiary/aromatic N) is 4. The average Bonchev–Trinajstić information content (AvgIpc) is 3.12. The zero-order valence-electron chi connectivity index (χ0n) is 18.5. The van der Waals surface area contributed by atoms with Gasteiger partial charge in [0.1, 0.15) is 17.2 Å². The third-order valence-corrected chi connectivity index (χ3v) is 5.38. The van der Waals surface area contributed by atoms with Crippen molar-refractivity contribution in [2.24, 2.45) is 7.05 Å². The highest BCUT2D eigenvalue weighted by Crippen LogP contribution is 2.27. The van der Waals surface area contributed by atoms with Crippen LogP contribution >= 0.6 is 0 Å². The molecule has 1 saturated carbocycles. The number of amides is 1. The first kappa shape index (κ1) is 22.7. The highest BCUT2D eigenvalue weighted by molar-refractivity contribution is 5.75. The molecule has 1 amide bonds. The van der Waals surface area contributed by atoms with E-state index in [9.17, 15) is 9.59 Å². The molecule has 3 rings (SSSR count). The third-order valence-electron chi connectivity index (χ3n) is 5.38. The molecule has 2 heterocycles. The van der Waals surface area contributed by atoms with E-state index in [0.717, 1.165) is 24.3 Å². The number of nitrogens with one attached hydrogen (secondary N) is 1. The molecule has 1 fully saturated rings. The van der Waals surface area contributed by atoms with E-state index in [1.54, 1.807) is 11.7 Å². The van der Waals surface area contributed by atoms with Gasteiger partial charge in [0.2, 0.25) is 0 Å². The molecule has 0 aliphatic heterocycles. The maximum absolute atomic E-state index is 11.9. The third kappa shape index (κ3) is 6.50. The first-order valence-electron chi connectivity index (χ1n) is 10.9. The van der Waals surface area contributed by atoms with Crippen molar-refractivity contribution in [3.05, 3.63) is 23.5 Å². The number of carbonyl (C=O) groups excluding carboxylic acids is 2. The summed E-state index contributed by atoms with van der Waals surface area (Å²) in [6.07, 6.45) is 6.51. The number of aromatic nitrogens is 4. The van der Waals surface area contributed by atoms with Crippen molar-refractivity contribution < 1.29 is 19.1 Å². The van der Waals surface area contributed by atoms with Crippen molar-refractivity contribution in [3.8, 4) is 17.1 Å². The lowest BCUT2D eigenvalue weighted by molar-refractivity contribution is -0.117. The molecule has 1 N–H and O–H groups in total. The molecule has 0 atom stereocenters. The van der Waals surface area contributed by atoms with Crippen molar-refractivity contribution in [1.29, 1.82) is 0 Å². The Balaban J connectivity index is 1.61. The van der Waals surface area contributed by atoms with Gasteiger partial charge in [-0.05, 0) is 58.1 Å². The first-order valence-corrected chi connectivity index (χ1v) is 10.9. The zero-order valence-corrected chi connectivity index (χ0v) is 18.5. The van der Waals surface area contributed by atoms with Crippen LogP contribution in [0.3, 0.4) is 0 Å². The van der Waals surface area contributed by atoms with Crippen molar-refractivity contribution in [3.63, 3.8) is 0 Å². The summed E-state index contributed by atoms with van der Waals surface area (Å²) in [5, 5.41) is 11.0. The van der Waals surface area contributed by atoms with Gasteiger partial charge in [-0.3, -0.25) is 0 Å². The Kier molecular flexibility index (Phi) is 7.97. The summed E-state index contributed by atoms with van der Waals surface area (Å²) in [5.74, 6) is 0.876. The Bertz CT molecular complexity index is 905. The summed E-state index contributed by atoms with van der Waals surface area (Å²) in [6, 6.07) is 3.81. The number of Topliss-reactive ketones (excluding diaryl/α,β-unsaturated/α-hetero) is 1. The van der Waals surface area contributed by atoms with Gasteiger partial charge in [-0.1, -0.05) is 11.6 Å². The second kappa shape index (κ2) is 10.9. The SMILES string of the molecule is CC(=O)CCCOC(=O)NCc1c(-c2ccc(OC3CCCCC3)c(C)n2)nnn1C. The van der Waals surface area contributed by atoms with Gasteiger partial charge in [0.05, 0.1) is 36.3 Å². The fourth-order valence-electron chi connectivity index (χ4n) is 3.63. The van der Waals surface area contributed by atoms with Crippen molar-refractivity contribution in [2.75, 3.05) is 6.61 Å². The molecule has 9 nitrogen and oxygen atoms in total. The summed E-state index contributed by atoms with van der Waals surface area (Å²) in [4.78, 5) is 27.5. The second-order valence-corrected chi connectivity index (χ2v) is 7.96. The van der Waals surface area contributed by atoms with Crippen LogP contribution in [0.5, 0.6) is 5.75 Å². The van der Waals surface area contributed by atoms with Crippen molar-refractivity contribution >= 4 is 11.9 Å². The van der Waals surface area contributed by atoms with E-state index in [2.05, 4.69) is 20.6 Å². The molecule has 0 spiro atoms. The lowest BCUT2D eigenvalue weighted by Crippen LogP contribution is -2.25. The smallest absolute Gasteiger partial charge is 0.407 e. The monoisotopic (exact) mass is 429 g/mol. The molecular formula is C22H31N5O4. The summed E-state index contributed by atoms with van der Waals surface area (Å²) in [7, 11) is 1.76. The average molecular weight is 430 g/mol. The van der Waals surface area contributed by atoms with Crippen molar-refractivity contribution in [2.45, 2.75) is 71.4 Å². The van der Waals surface area contributed by atoms with Gasteiger partial charge in [0, 0.05) is 13.5 Å². The number of pyridine rings is 1. The molecule has 168 valence electrons. The molecule has 0 radical (unpaired) electrons. The summed E-state index contributed by atoms with van der Waals surface area (Å²) in [6.45, 7) is 3.84. The quantitative estimate of drug-likeness (QED) is 0.608. The lowest BCUT2D eigenvalue weighted by Gasteiger charge is -2.23. The van der Waals surface area contributed by atoms with Crippen LogP contribution in [0.4, 0.5) is 4.79 Å².